The van der Waals surface area contributed by atoms with E-state index >= 15 is 0 Å². The molecular formula is C11H15BrOS. The summed E-state index contributed by atoms with van der Waals surface area (Å²) < 4.78 is 1.09. The van der Waals surface area contributed by atoms with Crippen LogP contribution in [0.5, 0.6) is 0 Å². The Bertz CT molecular complexity index is 289. The maximum Gasteiger partial charge on any atom is 0.0682 e. The molecule has 1 N–H and O–H groups in total. The average molecular weight is 275 g/mol. The zero-order valence-electron chi connectivity index (χ0n) is 8.29. The van der Waals surface area contributed by atoms with Gasteiger partial charge in [0.25, 0.3) is 0 Å². The third-order valence-corrected chi connectivity index (χ3v) is 4.01. The molecule has 1 aromatic carbocycles. The van der Waals surface area contributed by atoms with Gasteiger partial charge >= 0.3 is 0 Å². The predicted molar refractivity (Wildman–Crippen MR) is 65.7 cm³/mol. The summed E-state index contributed by atoms with van der Waals surface area (Å²) in [5.74, 6) is 1.16. The Morgan fingerprint density at radius 3 is 2.79 bits per heavy atom. The molecule has 14 heavy (non-hydrogen) atoms. The van der Waals surface area contributed by atoms with E-state index in [2.05, 4.69) is 28.9 Å². The number of unbranched alkanes of at least 4 members (excludes halogenated alkanes) is 1. The van der Waals surface area contributed by atoms with Crippen LogP contribution in [0.2, 0.25) is 0 Å². The average Bonchev–Trinajstić information content (AvgIpc) is 2.20. The second-order valence-electron chi connectivity index (χ2n) is 3.12. The van der Waals surface area contributed by atoms with Crippen molar-refractivity contribution in [2.45, 2.75) is 31.3 Å². The van der Waals surface area contributed by atoms with E-state index in [4.69, 9.17) is 5.11 Å². The number of aliphatic hydroxyl groups is 1. The Balaban J connectivity index is 2.59. The number of hydrogen-bond donors (Lipinski definition) is 1. The molecule has 0 aliphatic carbocycles. The van der Waals surface area contributed by atoms with Crippen molar-refractivity contribution in [2.75, 3.05) is 5.75 Å². The van der Waals surface area contributed by atoms with E-state index in [0.717, 1.165) is 15.8 Å². The van der Waals surface area contributed by atoms with Gasteiger partial charge in [-0.3, -0.25) is 0 Å². The van der Waals surface area contributed by atoms with Gasteiger partial charge in [-0.1, -0.05) is 19.4 Å². The van der Waals surface area contributed by atoms with Crippen molar-refractivity contribution in [2.24, 2.45) is 0 Å². The molecule has 78 valence electrons. The molecule has 0 saturated carbocycles. The molecule has 0 spiro atoms. The highest BCUT2D eigenvalue weighted by atomic mass is 79.9. The van der Waals surface area contributed by atoms with Gasteiger partial charge in [-0.05, 0) is 45.8 Å². The zero-order chi connectivity index (χ0) is 10.4. The lowest BCUT2D eigenvalue weighted by Crippen LogP contribution is -1.85. The summed E-state index contributed by atoms with van der Waals surface area (Å²) in [5, 5.41) is 8.94. The molecule has 0 fully saturated rings. The van der Waals surface area contributed by atoms with Crippen LogP contribution in [0.3, 0.4) is 0 Å². The van der Waals surface area contributed by atoms with Crippen LogP contribution in [-0.2, 0) is 6.61 Å². The monoisotopic (exact) mass is 274 g/mol. The van der Waals surface area contributed by atoms with Crippen LogP contribution in [0.4, 0.5) is 0 Å². The van der Waals surface area contributed by atoms with Gasteiger partial charge in [0, 0.05) is 9.37 Å². The van der Waals surface area contributed by atoms with E-state index in [1.165, 1.54) is 17.7 Å². The molecular weight excluding hydrogens is 260 g/mol. The minimum absolute atomic E-state index is 0.110. The van der Waals surface area contributed by atoms with Crippen LogP contribution in [-0.4, -0.2) is 10.9 Å². The van der Waals surface area contributed by atoms with Gasteiger partial charge in [0.1, 0.15) is 0 Å². The molecule has 0 saturated heterocycles. The first-order chi connectivity index (χ1) is 6.77. The highest BCUT2D eigenvalue weighted by Crippen LogP contribution is 2.29. The topological polar surface area (TPSA) is 20.2 Å². The van der Waals surface area contributed by atoms with Gasteiger partial charge in [0.15, 0.2) is 0 Å². The van der Waals surface area contributed by atoms with E-state index < -0.39 is 0 Å². The number of halogens is 1. The van der Waals surface area contributed by atoms with Crippen molar-refractivity contribution in [3.05, 3.63) is 28.2 Å². The summed E-state index contributed by atoms with van der Waals surface area (Å²) in [6.07, 6.45) is 2.48. The first kappa shape index (κ1) is 12.1. The lowest BCUT2D eigenvalue weighted by molar-refractivity contribution is 0.281. The van der Waals surface area contributed by atoms with Crippen LogP contribution in [0.15, 0.2) is 27.6 Å². The smallest absolute Gasteiger partial charge is 0.0682 e. The maximum absolute atomic E-state index is 8.94. The molecule has 0 aromatic heterocycles. The Morgan fingerprint density at radius 1 is 1.43 bits per heavy atom. The van der Waals surface area contributed by atoms with Crippen molar-refractivity contribution < 1.29 is 5.11 Å². The molecule has 0 unspecified atom stereocenters. The van der Waals surface area contributed by atoms with Crippen LogP contribution in [0.25, 0.3) is 0 Å². The number of rotatable bonds is 5. The van der Waals surface area contributed by atoms with Crippen LogP contribution >= 0.6 is 27.7 Å². The summed E-state index contributed by atoms with van der Waals surface area (Å²) in [5.41, 5.74) is 0.955. The molecule has 0 aliphatic rings. The molecule has 0 bridgehead atoms. The lowest BCUT2D eigenvalue weighted by atomic mass is 10.2. The highest BCUT2D eigenvalue weighted by molar-refractivity contribution is 9.10. The van der Waals surface area contributed by atoms with Crippen molar-refractivity contribution >= 4 is 27.7 Å². The number of hydrogen-bond acceptors (Lipinski definition) is 2. The molecule has 1 nitrogen and oxygen atoms in total. The van der Waals surface area contributed by atoms with Gasteiger partial charge in [-0.2, -0.15) is 0 Å². The normalized spacial score (nSPS) is 10.5. The fourth-order valence-corrected chi connectivity index (χ4v) is 2.87. The number of aliphatic hydroxyl groups excluding tert-OH is 1. The number of thioether (sulfide) groups is 1. The predicted octanol–water partition coefficient (Wildman–Crippen LogP) is 3.83. The molecule has 3 heteroatoms. The first-order valence-electron chi connectivity index (χ1n) is 4.80. The molecule has 0 radical (unpaired) electrons. The zero-order valence-corrected chi connectivity index (χ0v) is 10.7. The Hall–Kier alpha value is 0.01000. The molecule has 1 rings (SSSR count). The van der Waals surface area contributed by atoms with Crippen molar-refractivity contribution in [1.29, 1.82) is 0 Å². The first-order valence-corrected chi connectivity index (χ1v) is 6.58. The summed E-state index contributed by atoms with van der Waals surface area (Å²) in [6.45, 7) is 2.31. The van der Waals surface area contributed by atoms with Gasteiger partial charge in [-0.25, -0.2) is 0 Å². The Kier molecular flexibility index (Phi) is 5.60. The number of benzene rings is 1. The summed E-state index contributed by atoms with van der Waals surface area (Å²) in [7, 11) is 0. The minimum atomic E-state index is 0.110. The van der Waals surface area contributed by atoms with E-state index in [9.17, 15) is 0 Å². The maximum atomic E-state index is 8.94. The highest BCUT2D eigenvalue weighted by Gasteiger charge is 2.01. The van der Waals surface area contributed by atoms with E-state index in [1.807, 2.05) is 23.9 Å². The minimum Gasteiger partial charge on any atom is -0.392 e. The van der Waals surface area contributed by atoms with Crippen LogP contribution in [0.1, 0.15) is 25.3 Å². The van der Waals surface area contributed by atoms with Gasteiger partial charge in [0.2, 0.25) is 0 Å². The SMILES string of the molecule is CCCCSc1ccc(CO)cc1Br. The van der Waals surface area contributed by atoms with Crippen molar-refractivity contribution in [3.8, 4) is 0 Å². The van der Waals surface area contributed by atoms with Gasteiger partial charge < -0.3 is 5.11 Å². The second kappa shape index (κ2) is 6.49. The second-order valence-corrected chi connectivity index (χ2v) is 5.12. The standard InChI is InChI=1S/C11H15BrOS/c1-2-3-6-14-11-5-4-9(8-13)7-10(11)12/h4-5,7,13H,2-3,6,8H2,1H3. The van der Waals surface area contributed by atoms with Crippen LogP contribution in [0, 0.1) is 0 Å². The van der Waals surface area contributed by atoms with Gasteiger partial charge in [0.05, 0.1) is 6.61 Å². The quantitative estimate of drug-likeness (QED) is 0.651. The fourth-order valence-electron chi connectivity index (χ4n) is 1.09. The molecule has 1 aromatic rings. The van der Waals surface area contributed by atoms with Crippen LogP contribution < -0.4 is 0 Å². The van der Waals surface area contributed by atoms with E-state index in [0.29, 0.717) is 0 Å². The molecule has 0 heterocycles. The Morgan fingerprint density at radius 2 is 2.21 bits per heavy atom. The molecule has 0 amide bonds. The van der Waals surface area contributed by atoms with Crippen molar-refractivity contribution in [3.63, 3.8) is 0 Å². The van der Waals surface area contributed by atoms with Gasteiger partial charge in [-0.15, -0.1) is 11.8 Å². The molecule has 0 aliphatic heterocycles. The van der Waals surface area contributed by atoms with E-state index in [-0.39, 0.29) is 6.61 Å². The Labute approximate surface area is 98.0 Å². The fraction of sp³-hybridized carbons (Fsp3) is 0.455. The van der Waals surface area contributed by atoms with E-state index in [1.54, 1.807) is 0 Å². The largest absolute Gasteiger partial charge is 0.392 e. The summed E-state index contributed by atoms with van der Waals surface area (Å²) in [6, 6.07) is 6.02. The summed E-state index contributed by atoms with van der Waals surface area (Å²) >= 11 is 5.37. The third-order valence-electron chi connectivity index (χ3n) is 1.93. The molecule has 0 atom stereocenters. The summed E-state index contributed by atoms with van der Waals surface area (Å²) in [4.78, 5) is 1.26. The lowest BCUT2D eigenvalue weighted by Gasteiger charge is -2.05. The van der Waals surface area contributed by atoms with Crippen molar-refractivity contribution in [1.82, 2.24) is 0 Å². The third kappa shape index (κ3) is 3.64.